The molecule has 0 heterocycles. The maximum atomic E-state index is 5.25. The van der Waals surface area contributed by atoms with Crippen LogP contribution in [0.3, 0.4) is 0 Å². The van der Waals surface area contributed by atoms with Crippen molar-refractivity contribution in [2.24, 2.45) is 11.8 Å². The third kappa shape index (κ3) is 4.65. The molecule has 0 amide bonds. The fourth-order valence-electron chi connectivity index (χ4n) is 3.37. The molecule has 0 aromatic heterocycles. The van der Waals surface area contributed by atoms with Gasteiger partial charge in [-0.15, -0.1) is 11.8 Å². The van der Waals surface area contributed by atoms with Crippen molar-refractivity contribution in [3.05, 3.63) is 24.3 Å². The maximum absolute atomic E-state index is 5.25. The van der Waals surface area contributed by atoms with E-state index in [0.29, 0.717) is 11.3 Å². The molecule has 1 N–H and O–H groups in total. The molecule has 4 atom stereocenters. The molecule has 4 unspecified atom stereocenters. The van der Waals surface area contributed by atoms with Crippen molar-refractivity contribution in [3.63, 3.8) is 0 Å². The van der Waals surface area contributed by atoms with Gasteiger partial charge in [0.05, 0.1) is 7.11 Å². The second-order valence-electron chi connectivity index (χ2n) is 6.37. The van der Waals surface area contributed by atoms with Gasteiger partial charge in [-0.1, -0.05) is 20.8 Å². The van der Waals surface area contributed by atoms with Crippen molar-refractivity contribution >= 4 is 11.8 Å². The molecule has 1 aliphatic rings. The third-order valence-electron chi connectivity index (χ3n) is 4.38. The van der Waals surface area contributed by atoms with Crippen molar-refractivity contribution in [1.82, 2.24) is 5.32 Å². The van der Waals surface area contributed by atoms with E-state index in [1.54, 1.807) is 7.11 Å². The fourth-order valence-corrected chi connectivity index (χ4v) is 4.69. The Morgan fingerprint density at radius 3 is 2.52 bits per heavy atom. The van der Waals surface area contributed by atoms with Crippen LogP contribution in [0.1, 0.15) is 40.0 Å². The molecular weight excluding hydrogens is 278 g/mol. The highest BCUT2D eigenvalue weighted by Crippen LogP contribution is 2.40. The Bertz CT molecular complexity index is 420. The quantitative estimate of drug-likeness (QED) is 0.830. The molecule has 1 saturated carbocycles. The Hall–Kier alpha value is -0.670. The van der Waals surface area contributed by atoms with Gasteiger partial charge in [-0.05, 0) is 61.9 Å². The first-order valence-corrected chi connectivity index (χ1v) is 9.06. The van der Waals surface area contributed by atoms with Crippen LogP contribution in [0.4, 0.5) is 0 Å². The second kappa shape index (κ2) is 8.09. The molecule has 1 aromatic rings. The molecule has 0 bridgehead atoms. The molecule has 1 fully saturated rings. The highest BCUT2D eigenvalue weighted by molar-refractivity contribution is 8.00. The number of hydrogen-bond donors (Lipinski definition) is 1. The van der Waals surface area contributed by atoms with E-state index in [-0.39, 0.29) is 0 Å². The number of benzene rings is 1. The topological polar surface area (TPSA) is 21.3 Å². The summed E-state index contributed by atoms with van der Waals surface area (Å²) in [6.07, 6.45) is 3.86. The highest BCUT2D eigenvalue weighted by Gasteiger charge is 2.34. The highest BCUT2D eigenvalue weighted by atomic mass is 32.2. The van der Waals surface area contributed by atoms with Gasteiger partial charge in [-0.25, -0.2) is 0 Å². The van der Waals surface area contributed by atoms with E-state index >= 15 is 0 Å². The Morgan fingerprint density at radius 2 is 1.90 bits per heavy atom. The van der Waals surface area contributed by atoms with Crippen molar-refractivity contribution < 1.29 is 4.74 Å². The number of methoxy groups -OCH3 is 1. The van der Waals surface area contributed by atoms with Gasteiger partial charge >= 0.3 is 0 Å². The van der Waals surface area contributed by atoms with Crippen molar-refractivity contribution in [2.75, 3.05) is 13.7 Å². The van der Waals surface area contributed by atoms with Crippen molar-refractivity contribution in [2.45, 2.75) is 56.2 Å². The first kappa shape index (κ1) is 16.7. The lowest BCUT2D eigenvalue weighted by atomic mass is 9.80. The molecule has 1 aromatic carbocycles. The molecule has 0 aliphatic heterocycles. The average molecular weight is 308 g/mol. The van der Waals surface area contributed by atoms with Gasteiger partial charge in [0.1, 0.15) is 5.75 Å². The van der Waals surface area contributed by atoms with Gasteiger partial charge in [0, 0.05) is 16.2 Å². The second-order valence-corrected chi connectivity index (χ2v) is 7.62. The molecule has 2 rings (SSSR count). The third-order valence-corrected chi connectivity index (χ3v) is 5.99. The zero-order valence-corrected chi connectivity index (χ0v) is 14.6. The van der Waals surface area contributed by atoms with Gasteiger partial charge in [0.25, 0.3) is 0 Å². The molecule has 1 aliphatic carbocycles. The van der Waals surface area contributed by atoms with Gasteiger partial charge in [-0.2, -0.15) is 0 Å². The standard InChI is InChI=1S/C18H29NOS/c1-5-10-19-17-12-13(2)11-14(3)18(17)21-16-8-6-15(20-4)7-9-16/h6-9,13-14,17-19H,5,10-12H2,1-4H3. The van der Waals surface area contributed by atoms with Crippen LogP contribution in [0.5, 0.6) is 5.75 Å². The Kier molecular flexibility index (Phi) is 6.43. The minimum Gasteiger partial charge on any atom is -0.497 e. The minimum absolute atomic E-state index is 0.635. The van der Waals surface area contributed by atoms with Crippen LogP contribution in [0.15, 0.2) is 29.2 Å². The van der Waals surface area contributed by atoms with Gasteiger partial charge in [0.15, 0.2) is 0 Å². The first-order valence-electron chi connectivity index (χ1n) is 8.18. The normalized spacial score (nSPS) is 29.3. The summed E-state index contributed by atoms with van der Waals surface area (Å²) < 4.78 is 5.25. The number of hydrogen-bond acceptors (Lipinski definition) is 3. The summed E-state index contributed by atoms with van der Waals surface area (Å²) in [4.78, 5) is 1.35. The minimum atomic E-state index is 0.635. The van der Waals surface area contributed by atoms with E-state index in [2.05, 4.69) is 50.4 Å². The summed E-state index contributed by atoms with van der Waals surface area (Å²) in [7, 11) is 1.72. The van der Waals surface area contributed by atoms with Crippen LogP contribution in [-0.2, 0) is 0 Å². The SMILES string of the molecule is CCCNC1CC(C)CC(C)C1Sc1ccc(OC)cc1. The summed E-state index contributed by atoms with van der Waals surface area (Å²) >= 11 is 2.03. The lowest BCUT2D eigenvalue weighted by Crippen LogP contribution is -2.46. The molecule has 0 saturated heterocycles. The van der Waals surface area contributed by atoms with Crippen molar-refractivity contribution in [3.8, 4) is 5.75 Å². The van der Waals surface area contributed by atoms with Crippen LogP contribution < -0.4 is 10.1 Å². The van der Waals surface area contributed by atoms with E-state index in [4.69, 9.17) is 4.74 Å². The van der Waals surface area contributed by atoms with Crippen LogP contribution in [0.25, 0.3) is 0 Å². The van der Waals surface area contributed by atoms with Gasteiger partial charge in [-0.3, -0.25) is 0 Å². The van der Waals surface area contributed by atoms with E-state index in [0.717, 1.165) is 24.1 Å². The Balaban J connectivity index is 2.05. The van der Waals surface area contributed by atoms with Crippen LogP contribution in [0.2, 0.25) is 0 Å². The van der Waals surface area contributed by atoms with Crippen molar-refractivity contribution in [1.29, 1.82) is 0 Å². The monoisotopic (exact) mass is 307 g/mol. The lowest BCUT2D eigenvalue weighted by Gasteiger charge is -2.40. The Morgan fingerprint density at radius 1 is 1.19 bits per heavy atom. The molecule has 21 heavy (non-hydrogen) atoms. The smallest absolute Gasteiger partial charge is 0.118 e. The first-order chi connectivity index (χ1) is 10.1. The van der Waals surface area contributed by atoms with Gasteiger partial charge < -0.3 is 10.1 Å². The fraction of sp³-hybridized carbons (Fsp3) is 0.667. The molecule has 118 valence electrons. The van der Waals surface area contributed by atoms with E-state index in [1.165, 1.54) is 24.2 Å². The maximum Gasteiger partial charge on any atom is 0.118 e. The predicted octanol–water partition coefficient (Wildman–Crippen LogP) is 4.59. The molecule has 2 nitrogen and oxygen atoms in total. The zero-order valence-electron chi connectivity index (χ0n) is 13.8. The molecule has 0 spiro atoms. The van der Waals surface area contributed by atoms with E-state index in [1.807, 2.05) is 11.8 Å². The number of rotatable bonds is 6. The molecule has 0 radical (unpaired) electrons. The van der Waals surface area contributed by atoms with Gasteiger partial charge in [0.2, 0.25) is 0 Å². The van der Waals surface area contributed by atoms with Crippen LogP contribution in [0, 0.1) is 11.8 Å². The number of nitrogens with one attached hydrogen (secondary N) is 1. The summed E-state index contributed by atoms with van der Waals surface area (Å²) in [5, 5.41) is 4.45. The average Bonchev–Trinajstić information content (AvgIpc) is 2.48. The largest absolute Gasteiger partial charge is 0.497 e. The van der Waals surface area contributed by atoms with E-state index < -0.39 is 0 Å². The molecular formula is C18H29NOS. The molecule has 3 heteroatoms. The predicted molar refractivity (Wildman–Crippen MR) is 92.3 cm³/mol. The summed E-state index contributed by atoms with van der Waals surface area (Å²) in [6.45, 7) is 8.18. The summed E-state index contributed by atoms with van der Waals surface area (Å²) in [6, 6.07) is 9.13. The van der Waals surface area contributed by atoms with Crippen LogP contribution in [-0.4, -0.2) is 24.9 Å². The van der Waals surface area contributed by atoms with E-state index in [9.17, 15) is 0 Å². The summed E-state index contributed by atoms with van der Waals surface area (Å²) in [5.74, 6) is 2.53. The number of thioether (sulfide) groups is 1. The van der Waals surface area contributed by atoms with Crippen LogP contribution >= 0.6 is 11.8 Å². The zero-order chi connectivity index (χ0) is 15.2. The summed E-state index contributed by atoms with van der Waals surface area (Å²) in [5.41, 5.74) is 0. The number of ether oxygens (including phenoxy) is 1. The Labute approximate surface area is 134 Å². The lowest BCUT2D eigenvalue weighted by molar-refractivity contribution is 0.249.